The summed E-state index contributed by atoms with van der Waals surface area (Å²) in [6, 6.07) is 15.7. The van der Waals surface area contributed by atoms with Crippen molar-refractivity contribution in [1.82, 2.24) is 4.98 Å². The Morgan fingerprint density at radius 1 is 1.09 bits per heavy atom. The van der Waals surface area contributed by atoms with Crippen molar-refractivity contribution in [3.05, 3.63) is 59.7 Å². The minimum atomic E-state index is 0.272. The molecule has 0 radical (unpaired) electrons. The first-order valence-electron chi connectivity index (χ1n) is 7.35. The van der Waals surface area contributed by atoms with Gasteiger partial charge in [0, 0.05) is 5.39 Å². The zero-order valence-corrected chi connectivity index (χ0v) is 12.6. The van der Waals surface area contributed by atoms with Crippen LogP contribution >= 0.6 is 0 Å². The van der Waals surface area contributed by atoms with E-state index in [4.69, 9.17) is 9.47 Å². The first kappa shape index (κ1) is 13.6. The lowest BCUT2D eigenvalue weighted by molar-refractivity contribution is 0.174. The lowest BCUT2D eigenvalue weighted by Gasteiger charge is -2.05. The molecule has 0 atom stereocenters. The maximum Gasteiger partial charge on any atom is 0.231 e. The van der Waals surface area contributed by atoms with E-state index in [1.807, 2.05) is 42.5 Å². The largest absolute Gasteiger partial charge is 0.454 e. The number of anilines is 1. The maximum atomic E-state index is 5.35. The van der Waals surface area contributed by atoms with Crippen LogP contribution in [0.5, 0.6) is 11.5 Å². The zero-order chi connectivity index (χ0) is 15.6. The molecule has 3 aromatic rings. The van der Waals surface area contributed by atoms with Crippen molar-refractivity contribution in [3.63, 3.8) is 0 Å². The Balaban J connectivity index is 1.54. The standard InChI is InChI=1S/C18H15N3O2/c1-12-8-18(20-15-5-3-2-4-14(12)15)21-19-10-13-6-7-16-17(9-13)23-11-22-16/h2-10H,11H2,1H3,(H,20,21). The number of aryl methyl sites for hydroxylation is 1. The quantitative estimate of drug-likeness (QED) is 0.592. The summed E-state index contributed by atoms with van der Waals surface area (Å²) in [6.07, 6.45) is 1.73. The summed E-state index contributed by atoms with van der Waals surface area (Å²) < 4.78 is 10.6. The second kappa shape index (κ2) is 5.61. The third-order valence-electron chi connectivity index (χ3n) is 3.71. The van der Waals surface area contributed by atoms with Gasteiger partial charge in [0.15, 0.2) is 11.5 Å². The van der Waals surface area contributed by atoms with E-state index in [2.05, 4.69) is 28.5 Å². The Morgan fingerprint density at radius 2 is 1.96 bits per heavy atom. The normalized spacial score (nSPS) is 12.9. The summed E-state index contributed by atoms with van der Waals surface area (Å²) in [6.45, 7) is 2.34. The number of aromatic nitrogens is 1. The molecule has 0 amide bonds. The summed E-state index contributed by atoms with van der Waals surface area (Å²) in [5, 5.41) is 5.40. The van der Waals surface area contributed by atoms with Gasteiger partial charge in [0.2, 0.25) is 6.79 Å². The SMILES string of the molecule is Cc1cc(NN=Cc2ccc3c(c2)OCO3)nc2ccccc12. The number of pyridine rings is 1. The molecular weight excluding hydrogens is 290 g/mol. The van der Waals surface area contributed by atoms with E-state index in [1.54, 1.807) is 6.21 Å². The van der Waals surface area contributed by atoms with Gasteiger partial charge in [0.25, 0.3) is 0 Å². The van der Waals surface area contributed by atoms with Gasteiger partial charge in [0.1, 0.15) is 5.82 Å². The van der Waals surface area contributed by atoms with Crippen LogP contribution in [0.15, 0.2) is 53.6 Å². The first-order chi connectivity index (χ1) is 11.3. The smallest absolute Gasteiger partial charge is 0.231 e. The minimum absolute atomic E-state index is 0.272. The Kier molecular flexibility index (Phi) is 3.31. The highest BCUT2D eigenvalue weighted by Gasteiger charge is 2.12. The molecule has 5 heteroatoms. The molecule has 2 heterocycles. The first-order valence-corrected chi connectivity index (χ1v) is 7.35. The fraction of sp³-hybridized carbons (Fsp3) is 0.111. The highest BCUT2D eigenvalue weighted by Crippen LogP contribution is 2.32. The van der Waals surface area contributed by atoms with Gasteiger partial charge in [0.05, 0.1) is 11.7 Å². The maximum absolute atomic E-state index is 5.35. The number of para-hydroxylation sites is 1. The monoisotopic (exact) mass is 305 g/mol. The molecule has 114 valence electrons. The molecule has 1 aliphatic heterocycles. The molecule has 4 rings (SSSR count). The highest BCUT2D eigenvalue weighted by atomic mass is 16.7. The van der Waals surface area contributed by atoms with Gasteiger partial charge in [-0.25, -0.2) is 4.98 Å². The summed E-state index contributed by atoms with van der Waals surface area (Å²) in [5.41, 5.74) is 6.03. The van der Waals surface area contributed by atoms with Gasteiger partial charge in [-0.15, -0.1) is 0 Å². The van der Waals surface area contributed by atoms with Crippen LogP contribution in [0.3, 0.4) is 0 Å². The summed E-state index contributed by atoms with van der Waals surface area (Å²) >= 11 is 0. The van der Waals surface area contributed by atoms with Crippen molar-refractivity contribution in [2.24, 2.45) is 5.10 Å². The lowest BCUT2D eigenvalue weighted by atomic mass is 10.1. The van der Waals surface area contributed by atoms with Crippen LogP contribution in [0.2, 0.25) is 0 Å². The van der Waals surface area contributed by atoms with Crippen LogP contribution < -0.4 is 14.9 Å². The number of fused-ring (bicyclic) bond motifs is 2. The second-order valence-electron chi connectivity index (χ2n) is 5.32. The molecule has 1 aromatic heterocycles. The summed E-state index contributed by atoms with van der Waals surface area (Å²) in [5.74, 6) is 2.23. The van der Waals surface area contributed by atoms with Gasteiger partial charge in [-0.05, 0) is 48.4 Å². The molecule has 2 aromatic carbocycles. The summed E-state index contributed by atoms with van der Waals surface area (Å²) in [4.78, 5) is 4.56. The molecule has 0 unspecified atom stereocenters. The van der Waals surface area contributed by atoms with E-state index in [0.717, 1.165) is 39.3 Å². The van der Waals surface area contributed by atoms with Crippen LogP contribution in [0, 0.1) is 6.92 Å². The van der Waals surface area contributed by atoms with Gasteiger partial charge in [-0.3, -0.25) is 5.43 Å². The molecule has 0 aliphatic carbocycles. The minimum Gasteiger partial charge on any atom is -0.454 e. The molecule has 0 bridgehead atoms. The molecule has 0 fully saturated rings. The number of nitrogens with one attached hydrogen (secondary N) is 1. The molecule has 5 nitrogen and oxygen atoms in total. The van der Waals surface area contributed by atoms with E-state index < -0.39 is 0 Å². The van der Waals surface area contributed by atoms with E-state index >= 15 is 0 Å². The van der Waals surface area contributed by atoms with Crippen LogP contribution in [0.4, 0.5) is 5.82 Å². The van der Waals surface area contributed by atoms with Crippen LogP contribution in [0.25, 0.3) is 10.9 Å². The number of nitrogens with zero attached hydrogens (tertiary/aromatic N) is 2. The van der Waals surface area contributed by atoms with E-state index in [0.29, 0.717) is 0 Å². The number of hydrazone groups is 1. The fourth-order valence-electron chi connectivity index (χ4n) is 2.57. The number of hydrogen-bond acceptors (Lipinski definition) is 5. The Hall–Kier alpha value is -3.08. The Morgan fingerprint density at radius 3 is 2.91 bits per heavy atom. The van der Waals surface area contributed by atoms with Crippen molar-refractivity contribution in [2.75, 3.05) is 12.2 Å². The fourth-order valence-corrected chi connectivity index (χ4v) is 2.57. The van der Waals surface area contributed by atoms with E-state index in [9.17, 15) is 0 Å². The van der Waals surface area contributed by atoms with Crippen LogP contribution in [0.1, 0.15) is 11.1 Å². The Bertz CT molecular complexity index is 906. The molecular formula is C18H15N3O2. The van der Waals surface area contributed by atoms with E-state index in [-0.39, 0.29) is 6.79 Å². The third kappa shape index (κ3) is 2.68. The van der Waals surface area contributed by atoms with Gasteiger partial charge < -0.3 is 9.47 Å². The highest BCUT2D eigenvalue weighted by molar-refractivity contribution is 5.84. The second-order valence-corrected chi connectivity index (χ2v) is 5.32. The molecule has 0 spiro atoms. The number of rotatable bonds is 3. The topological polar surface area (TPSA) is 55.7 Å². The molecule has 23 heavy (non-hydrogen) atoms. The molecule has 1 aliphatic rings. The van der Waals surface area contributed by atoms with Crippen LogP contribution in [-0.2, 0) is 0 Å². The number of hydrogen-bond donors (Lipinski definition) is 1. The van der Waals surface area contributed by atoms with E-state index in [1.165, 1.54) is 0 Å². The third-order valence-corrected chi connectivity index (χ3v) is 3.71. The van der Waals surface area contributed by atoms with Crippen molar-refractivity contribution >= 4 is 22.9 Å². The predicted octanol–water partition coefficient (Wildman–Crippen LogP) is 3.72. The van der Waals surface area contributed by atoms with Crippen LogP contribution in [-0.4, -0.2) is 18.0 Å². The van der Waals surface area contributed by atoms with Crippen molar-refractivity contribution < 1.29 is 9.47 Å². The number of ether oxygens (including phenoxy) is 2. The molecule has 1 N–H and O–H groups in total. The van der Waals surface area contributed by atoms with Crippen molar-refractivity contribution in [3.8, 4) is 11.5 Å². The summed E-state index contributed by atoms with van der Waals surface area (Å²) in [7, 11) is 0. The van der Waals surface area contributed by atoms with Gasteiger partial charge in [-0.1, -0.05) is 18.2 Å². The number of benzene rings is 2. The van der Waals surface area contributed by atoms with Gasteiger partial charge in [-0.2, -0.15) is 5.10 Å². The van der Waals surface area contributed by atoms with Gasteiger partial charge >= 0.3 is 0 Å². The lowest BCUT2D eigenvalue weighted by Crippen LogP contribution is -1.95. The zero-order valence-electron chi connectivity index (χ0n) is 12.6. The Labute approximate surface area is 133 Å². The molecule has 0 saturated carbocycles. The molecule has 0 saturated heterocycles. The average Bonchev–Trinajstić information content (AvgIpc) is 3.03. The predicted molar refractivity (Wildman–Crippen MR) is 90.3 cm³/mol. The van der Waals surface area contributed by atoms with Crippen molar-refractivity contribution in [2.45, 2.75) is 6.92 Å². The average molecular weight is 305 g/mol. The van der Waals surface area contributed by atoms with Crippen molar-refractivity contribution in [1.29, 1.82) is 0 Å².